The lowest BCUT2D eigenvalue weighted by Gasteiger charge is -2.17. The summed E-state index contributed by atoms with van der Waals surface area (Å²) in [7, 11) is 0. The summed E-state index contributed by atoms with van der Waals surface area (Å²) < 4.78 is 0. The average Bonchev–Trinajstić information content (AvgIpc) is 3.46. The van der Waals surface area contributed by atoms with Gasteiger partial charge in [0.15, 0.2) is 5.13 Å². The zero-order valence-corrected chi connectivity index (χ0v) is 19.6. The van der Waals surface area contributed by atoms with Gasteiger partial charge in [-0.25, -0.2) is 15.0 Å². The van der Waals surface area contributed by atoms with Gasteiger partial charge in [-0.3, -0.25) is 9.69 Å². The number of carbonyl (C=O) groups is 1. The van der Waals surface area contributed by atoms with Crippen molar-refractivity contribution in [1.82, 2.24) is 15.0 Å². The van der Waals surface area contributed by atoms with E-state index >= 15 is 0 Å². The highest BCUT2D eigenvalue weighted by atomic mass is 32.2. The largest absolute Gasteiger partial charge is 0.274 e. The molecule has 0 spiro atoms. The first-order valence-electron chi connectivity index (χ1n) is 9.91. The Hall–Kier alpha value is -3.07. The van der Waals surface area contributed by atoms with Gasteiger partial charge in [-0.1, -0.05) is 60.3 Å². The number of benzene rings is 2. The molecule has 0 fully saturated rings. The number of thiazole rings is 1. The number of carbonyl (C=O) groups excluding carboxylic acids is 1. The Morgan fingerprint density at radius 3 is 2.47 bits per heavy atom. The van der Waals surface area contributed by atoms with Crippen LogP contribution in [-0.2, 0) is 10.5 Å². The van der Waals surface area contributed by atoms with Crippen LogP contribution in [0.15, 0.2) is 82.8 Å². The van der Waals surface area contributed by atoms with Gasteiger partial charge in [-0.05, 0) is 17.7 Å². The monoisotopic (exact) mass is 474 g/mol. The molecule has 32 heavy (non-hydrogen) atoms. The van der Waals surface area contributed by atoms with Crippen LogP contribution < -0.4 is 4.90 Å². The van der Waals surface area contributed by atoms with Crippen molar-refractivity contribution >= 4 is 61.4 Å². The molecule has 0 radical (unpaired) electrons. The Bertz CT molecular complexity index is 1370. The molecule has 5 nitrogen and oxygen atoms in total. The number of hydrogen-bond donors (Lipinski definition) is 0. The van der Waals surface area contributed by atoms with E-state index in [1.165, 1.54) is 11.3 Å². The molecule has 5 aromatic rings. The molecule has 0 saturated heterocycles. The maximum absolute atomic E-state index is 12.3. The first kappa shape index (κ1) is 20.8. The first-order valence-corrected chi connectivity index (χ1v) is 12.7. The van der Waals surface area contributed by atoms with Crippen molar-refractivity contribution in [3.8, 4) is 11.1 Å². The van der Waals surface area contributed by atoms with Gasteiger partial charge in [0.05, 0.1) is 16.8 Å². The van der Waals surface area contributed by atoms with E-state index in [9.17, 15) is 4.79 Å². The second kappa shape index (κ2) is 9.20. The van der Waals surface area contributed by atoms with Gasteiger partial charge in [-0.15, -0.1) is 22.7 Å². The van der Waals surface area contributed by atoms with Crippen molar-refractivity contribution in [2.24, 2.45) is 0 Å². The van der Waals surface area contributed by atoms with E-state index in [2.05, 4.69) is 27.5 Å². The molecule has 0 aliphatic carbocycles. The number of fused-ring (bicyclic) bond motifs is 1. The van der Waals surface area contributed by atoms with Crippen molar-refractivity contribution in [3.63, 3.8) is 0 Å². The Morgan fingerprint density at radius 2 is 1.72 bits per heavy atom. The lowest BCUT2D eigenvalue weighted by Crippen LogP contribution is -2.22. The van der Waals surface area contributed by atoms with Gasteiger partial charge in [0.1, 0.15) is 16.2 Å². The van der Waals surface area contributed by atoms with E-state index in [4.69, 9.17) is 4.98 Å². The van der Waals surface area contributed by atoms with Gasteiger partial charge >= 0.3 is 0 Å². The summed E-state index contributed by atoms with van der Waals surface area (Å²) in [5, 5.41) is 6.85. The fourth-order valence-electron chi connectivity index (χ4n) is 3.40. The summed E-state index contributed by atoms with van der Waals surface area (Å²) in [6, 6.07) is 19.9. The first-order chi connectivity index (χ1) is 15.7. The quantitative estimate of drug-likeness (QED) is 0.200. The topological polar surface area (TPSA) is 59.0 Å². The third kappa shape index (κ3) is 4.17. The fraction of sp³-hybridized carbons (Fsp3) is 0.0833. The van der Waals surface area contributed by atoms with E-state index in [-0.39, 0.29) is 5.91 Å². The maximum atomic E-state index is 12.3. The maximum Gasteiger partial charge on any atom is 0.230 e. The Balaban J connectivity index is 1.41. The summed E-state index contributed by atoms with van der Waals surface area (Å²) >= 11 is 4.74. The normalized spacial score (nSPS) is 11.0. The SMILES string of the molecule is CC(=O)N(c1ccccc1)c1nc(CSc2ncnc3scc(-c4ccccc4)c23)cs1. The molecule has 158 valence electrons. The molecule has 0 atom stereocenters. The van der Waals surface area contributed by atoms with E-state index in [1.807, 2.05) is 53.9 Å². The third-order valence-electron chi connectivity index (χ3n) is 4.84. The van der Waals surface area contributed by atoms with Crippen molar-refractivity contribution in [2.75, 3.05) is 4.90 Å². The summed E-state index contributed by atoms with van der Waals surface area (Å²) in [4.78, 5) is 28.7. The van der Waals surface area contributed by atoms with Gasteiger partial charge in [-0.2, -0.15) is 0 Å². The van der Waals surface area contributed by atoms with Crippen LogP contribution in [0.3, 0.4) is 0 Å². The fourth-order valence-corrected chi connectivity index (χ4v) is 6.28. The van der Waals surface area contributed by atoms with Gasteiger partial charge in [0.25, 0.3) is 0 Å². The molecule has 3 aromatic heterocycles. The standard InChI is InChI=1S/C24H18N4OS3/c1-16(29)28(19-10-6-3-7-11-19)24-27-18(13-32-24)12-30-22-21-20(17-8-4-2-5-9-17)14-31-23(21)26-15-25-22/h2-11,13-15H,12H2,1H3. The van der Waals surface area contributed by atoms with Crippen molar-refractivity contribution in [3.05, 3.63) is 83.4 Å². The lowest BCUT2D eigenvalue weighted by atomic mass is 10.1. The highest BCUT2D eigenvalue weighted by Crippen LogP contribution is 2.39. The van der Waals surface area contributed by atoms with Crippen molar-refractivity contribution < 1.29 is 4.79 Å². The molecule has 0 saturated carbocycles. The number of nitrogens with zero attached hydrogens (tertiary/aromatic N) is 4. The Kier molecular flexibility index (Phi) is 5.98. The zero-order chi connectivity index (χ0) is 21.9. The van der Waals surface area contributed by atoms with Crippen LogP contribution in [0.25, 0.3) is 21.3 Å². The molecule has 0 aliphatic heterocycles. The third-order valence-corrected chi connectivity index (χ3v) is 7.62. The van der Waals surface area contributed by atoms with Crippen LogP contribution in [0.1, 0.15) is 12.6 Å². The van der Waals surface area contributed by atoms with Crippen LogP contribution >= 0.6 is 34.4 Å². The van der Waals surface area contributed by atoms with Gasteiger partial charge < -0.3 is 0 Å². The second-order valence-corrected chi connectivity index (χ2v) is 9.63. The predicted molar refractivity (Wildman–Crippen MR) is 134 cm³/mol. The predicted octanol–water partition coefficient (Wildman–Crippen LogP) is 6.79. The summed E-state index contributed by atoms with van der Waals surface area (Å²) in [5.74, 6) is 0.598. The molecular weight excluding hydrogens is 456 g/mol. The minimum absolute atomic E-state index is 0.0620. The number of amides is 1. The van der Waals surface area contributed by atoms with Crippen molar-refractivity contribution in [1.29, 1.82) is 0 Å². The number of hydrogen-bond acceptors (Lipinski definition) is 7. The zero-order valence-electron chi connectivity index (χ0n) is 17.1. The van der Waals surface area contributed by atoms with Gasteiger partial charge in [0.2, 0.25) is 5.91 Å². The number of thioether (sulfide) groups is 1. The molecule has 3 heterocycles. The van der Waals surface area contributed by atoms with Gasteiger partial charge in [0, 0.05) is 29.0 Å². The van der Waals surface area contributed by atoms with E-state index in [0.717, 1.165) is 37.8 Å². The van der Waals surface area contributed by atoms with Crippen LogP contribution in [0.4, 0.5) is 10.8 Å². The highest BCUT2D eigenvalue weighted by molar-refractivity contribution is 7.98. The minimum Gasteiger partial charge on any atom is -0.274 e. The number of para-hydroxylation sites is 1. The number of anilines is 2. The molecule has 8 heteroatoms. The molecule has 0 aliphatic rings. The molecular formula is C24H18N4OS3. The lowest BCUT2D eigenvalue weighted by molar-refractivity contribution is -0.115. The van der Waals surface area contributed by atoms with Crippen molar-refractivity contribution in [2.45, 2.75) is 17.7 Å². The molecule has 0 N–H and O–H groups in total. The average molecular weight is 475 g/mol. The number of thiophene rings is 1. The number of rotatable bonds is 6. The molecule has 0 unspecified atom stereocenters. The summed E-state index contributed by atoms with van der Waals surface area (Å²) in [6.45, 7) is 1.56. The van der Waals surface area contributed by atoms with Crippen LogP contribution in [0, 0.1) is 0 Å². The highest BCUT2D eigenvalue weighted by Gasteiger charge is 2.18. The Morgan fingerprint density at radius 1 is 0.969 bits per heavy atom. The second-order valence-electron chi connectivity index (χ2n) is 6.97. The minimum atomic E-state index is -0.0620. The van der Waals surface area contributed by atoms with Crippen LogP contribution in [0.5, 0.6) is 0 Å². The molecule has 1 amide bonds. The van der Waals surface area contributed by atoms with E-state index < -0.39 is 0 Å². The number of aromatic nitrogens is 3. The summed E-state index contributed by atoms with van der Waals surface area (Å²) in [5.41, 5.74) is 4.04. The smallest absolute Gasteiger partial charge is 0.230 e. The molecule has 0 bridgehead atoms. The Labute approximate surface area is 197 Å². The summed E-state index contributed by atoms with van der Waals surface area (Å²) in [6.07, 6.45) is 1.62. The molecule has 5 rings (SSSR count). The molecule has 2 aromatic carbocycles. The van der Waals surface area contributed by atoms with E-state index in [0.29, 0.717) is 10.9 Å². The van der Waals surface area contributed by atoms with Crippen LogP contribution in [-0.4, -0.2) is 20.9 Å². The van der Waals surface area contributed by atoms with Crippen LogP contribution in [0.2, 0.25) is 0 Å². The van der Waals surface area contributed by atoms with E-state index in [1.54, 1.807) is 41.2 Å².